The van der Waals surface area contributed by atoms with Gasteiger partial charge in [0.15, 0.2) is 5.13 Å². The standard InChI is InChI=1S/C17H21N3O2S/c1-11(2)10-22-13-9-14-16(12-5-4-6-18-15(12)13)20-17(23-14)19-7-8-21-3/h4-6,9,11H,7-8,10H2,1-3H3,(H,19,20). The molecule has 122 valence electrons. The highest BCUT2D eigenvalue weighted by Crippen LogP contribution is 2.36. The van der Waals surface area contributed by atoms with Crippen LogP contribution < -0.4 is 10.1 Å². The van der Waals surface area contributed by atoms with Gasteiger partial charge in [-0.3, -0.25) is 4.98 Å². The molecule has 6 heteroatoms. The van der Waals surface area contributed by atoms with Crippen molar-refractivity contribution in [2.24, 2.45) is 5.92 Å². The van der Waals surface area contributed by atoms with Crippen LogP contribution in [-0.4, -0.2) is 36.8 Å². The van der Waals surface area contributed by atoms with E-state index in [1.54, 1.807) is 24.6 Å². The lowest BCUT2D eigenvalue weighted by atomic mass is 10.2. The molecule has 0 saturated carbocycles. The molecule has 0 saturated heterocycles. The molecule has 2 heterocycles. The summed E-state index contributed by atoms with van der Waals surface area (Å²) in [6, 6.07) is 6.03. The first-order valence-corrected chi connectivity index (χ1v) is 8.54. The van der Waals surface area contributed by atoms with Gasteiger partial charge >= 0.3 is 0 Å². The van der Waals surface area contributed by atoms with Crippen molar-refractivity contribution in [2.45, 2.75) is 13.8 Å². The van der Waals surface area contributed by atoms with E-state index in [2.05, 4.69) is 24.1 Å². The molecule has 2 aromatic heterocycles. The topological polar surface area (TPSA) is 56.3 Å². The van der Waals surface area contributed by atoms with Gasteiger partial charge in [-0.15, -0.1) is 0 Å². The summed E-state index contributed by atoms with van der Waals surface area (Å²) in [5, 5.41) is 5.21. The van der Waals surface area contributed by atoms with Gasteiger partial charge in [0.05, 0.1) is 23.4 Å². The fourth-order valence-electron chi connectivity index (χ4n) is 2.31. The maximum atomic E-state index is 5.97. The summed E-state index contributed by atoms with van der Waals surface area (Å²) in [6.45, 7) is 6.34. The lowest BCUT2D eigenvalue weighted by Crippen LogP contribution is -2.06. The Morgan fingerprint density at radius 2 is 2.17 bits per heavy atom. The summed E-state index contributed by atoms with van der Waals surface area (Å²) < 4.78 is 12.1. The third-order valence-electron chi connectivity index (χ3n) is 3.37. The van der Waals surface area contributed by atoms with Gasteiger partial charge in [-0.05, 0) is 18.1 Å². The van der Waals surface area contributed by atoms with Crippen LogP contribution in [0.1, 0.15) is 13.8 Å². The van der Waals surface area contributed by atoms with Crippen molar-refractivity contribution < 1.29 is 9.47 Å². The number of aromatic nitrogens is 2. The van der Waals surface area contributed by atoms with Gasteiger partial charge in [0.2, 0.25) is 0 Å². The quantitative estimate of drug-likeness (QED) is 0.665. The molecule has 0 aliphatic heterocycles. The highest BCUT2D eigenvalue weighted by Gasteiger charge is 2.13. The molecular weight excluding hydrogens is 310 g/mol. The Kier molecular flexibility index (Phi) is 4.93. The normalized spacial score (nSPS) is 11.5. The molecule has 3 aromatic rings. The summed E-state index contributed by atoms with van der Waals surface area (Å²) in [5.41, 5.74) is 1.84. The number of pyridine rings is 1. The van der Waals surface area contributed by atoms with Crippen molar-refractivity contribution in [3.8, 4) is 5.75 Å². The van der Waals surface area contributed by atoms with E-state index in [4.69, 9.17) is 14.5 Å². The molecule has 0 bridgehead atoms. The predicted molar refractivity (Wildman–Crippen MR) is 95.6 cm³/mol. The molecular formula is C17H21N3O2S. The Labute approximate surface area is 139 Å². The fraction of sp³-hybridized carbons (Fsp3) is 0.412. The molecule has 0 spiro atoms. The molecule has 0 fully saturated rings. The van der Waals surface area contributed by atoms with Gasteiger partial charge in [0.25, 0.3) is 0 Å². The van der Waals surface area contributed by atoms with Crippen molar-refractivity contribution in [3.63, 3.8) is 0 Å². The van der Waals surface area contributed by atoms with E-state index in [0.717, 1.165) is 38.5 Å². The van der Waals surface area contributed by atoms with E-state index in [0.29, 0.717) is 19.1 Å². The number of hydrogen-bond acceptors (Lipinski definition) is 6. The monoisotopic (exact) mass is 331 g/mol. The van der Waals surface area contributed by atoms with Crippen LogP contribution in [0.5, 0.6) is 5.75 Å². The number of benzene rings is 1. The van der Waals surface area contributed by atoms with Crippen molar-refractivity contribution in [3.05, 3.63) is 24.4 Å². The van der Waals surface area contributed by atoms with Gasteiger partial charge in [-0.25, -0.2) is 4.98 Å². The van der Waals surface area contributed by atoms with E-state index in [-0.39, 0.29) is 0 Å². The number of fused-ring (bicyclic) bond motifs is 3. The van der Waals surface area contributed by atoms with Gasteiger partial charge < -0.3 is 14.8 Å². The maximum absolute atomic E-state index is 5.97. The van der Waals surface area contributed by atoms with Crippen molar-refractivity contribution in [1.82, 2.24) is 9.97 Å². The summed E-state index contributed by atoms with van der Waals surface area (Å²) >= 11 is 1.63. The van der Waals surface area contributed by atoms with Crippen LogP contribution in [0.4, 0.5) is 5.13 Å². The zero-order valence-corrected chi connectivity index (χ0v) is 14.4. The molecule has 0 amide bonds. The van der Waals surface area contributed by atoms with Crippen molar-refractivity contribution in [1.29, 1.82) is 0 Å². The van der Waals surface area contributed by atoms with Crippen LogP contribution in [0, 0.1) is 5.92 Å². The molecule has 0 unspecified atom stereocenters. The van der Waals surface area contributed by atoms with Crippen LogP contribution in [0.2, 0.25) is 0 Å². The third-order valence-corrected chi connectivity index (χ3v) is 4.33. The largest absolute Gasteiger partial charge is 0.491 e. The Morgan fingerprint density at radius 3 is 2.96 bits per heavy atom. The Balaban J connectivity index is 2.02. The molecule has 3 rings (SSSR count). The summed E-state index contributed by atoms with van der Waals surface area (Å²) in [7, 11) is 1.69. The first-order valence-electron chi connectivity index (χ1n) is 7.73. The summed E-state index contributed by atoms with van der Waals surface area (Å²) in [4.78, 5) is 9.20. The molecule has 0 aliphatic carbocycles. The predicted octanol–water partition coefficient (Wildman–Crippen LogP) is 3.94. The van der Waals surface area contributed by atoms with Crippen LogP contribution in [0.3, 0.4) is 0 Å². The molecule has 0 aliphatic rings. The fourth-order valence-corrected chi connectivity index (χ4v) is 3.24. The van der Waals surface area contributed by atoms with Crippen LogP contribution in [-0.2, 0) is 4.74 Å². The first kappa shape index (κ1) is 16.0. The Morgan fingerprint density at radius 1 is 1.30 bits per heavy atom. The maximum Gasteiger partial charge on any atom is 0.183 e. The average Bonchev–Trinajstić information content (AvgIpc) is 2.96. The molecule has 0 radical (unpaired) electrons. The van der Waals surface area contributed by atoms with E-state index in [9.17, 15) is 0 Å². The first-order chi connectivity index (χ1) is 11.2. The highest BCUT2D eigenvalue weighted by molar-refractivity contribution is 7.22. The number of nitrogens with zero attached hydrogens (tertiary/aromatic N) is 2. The summed E-state index contributed by atoms with van der Waals surface area (Å²) in [6.07, 6.45) is 1.79. The van der Waals surface area contributed by atoms with Crippen LogP contribution in [0.25, 0.3) is 21.1 Å². The van der Waals surface area contributed by atoms with Crippen molar-refractivity contribution in [2.75, 3.05) is 32.2 Å². The number of thiazole rings is 1. The number of hydrogen-bond donors (Lipinski definition) is 1. The van der Waals surface area contributed by atoms with Crippen LogP contribution >= 0.6 is 11.3 Å². The summed E-state index contributed by atoms with van der Waals surface area (Å²) in [5.74, 6) is 1.30. The zero-order valence-electron chi connectivity index (χ0n) is 13.6. The number of ether oxygens (including phenoxy) is 2. The van der Waals surface area contributed by atoms with Gasteiger partial charge in [-0.2, -0.15) is 0 Å². The molecule has 0 atom stereocenters. The molecule has 1 aromatic carbocycles. The minimum Gasteiger partial charge on any atom is -0.491 e. The number of anilines is 1. The SMILES string of the molecule is COCCNc1nc2c(cc(OCC(C)C)c3ncccc32)s1. The van der Waals surface area contributed by atoms with Crippen molar-refractivity contribution >= 4 is 37.6 Å². The Hall–Kier alpha value is -1.92. The van der Waals surface area contributed by atoms with Gasteiger partial charge in [0.1, 0.15) is 11.3 Å². The zero-order chi connectivity index (χ0) is 16.2. The van der Waals surface area contributed by atoms with E-state index in [1.165, 1.54) is 0 Å². The van der Waals surface area contributed by atoms with Gasteiger partial charge in [0, 0.05) is 31.3 Å². The van der Waals surface area contributed by atoms with Crippen LogP contribution in [0.15, 0.2) is 24.4 Å². The number of nitrogens with one attached hydrogen (secondary N) is 1. The minimum atomic E-state index is 0.470. The smallest absolute Gasteiger partial charge is 0.183 e. The lowest BCUT2D eigenvalue weighted by Gasteiger charge is -2.10. The second-order valence-corrected chi connectivity index (χ2v) is 6.80. The average molecular weight is 331 g/mol. The number of methoxy groups -OCH3 is 1. The third kappa shape index (κ3) is 3.54. The highest BCUT2D eigenvalue weighted by atomic mass is 32.1. The van der Waals surface area contributed by atoms with Gasteiger partial charge in [-0.1, -0.05) is 25.2 Å². The van der Waals surface area contributed by atoms with E-state index >= 15 is 0 Å². The molecule has 1 N–H and O–H groups in total. The second kappa shape index (κ2) is 7.10. The Bertz CT molecular complexity index is 801. The molecule has 23 heavy (non-hydrogen) atoms. The second-order valence-electron chi connectivity index (χ2n) is 5.76. The van der Waals surface area contributed by atoms with E-state index in [1.807, 2.05) is 18.2 Å². The minimum absolute atomic E-state index is 0.470. The number of rotatable bonds is 7. The molecule has 5 nitrogen and oxygen atoms in total. The lowest BCUT2D eigenvalue weighted by molar-refractivity contribution is 0.211. The van der Waals surface area contributed by atoms with E-state index < -0.39 is 0 Å².